The molecule has 0 N–H and O–H groups in total. The second-order valence-corrected chi connectivity index (χ2v) is 10.6. The predicted octanol–water partition coefficient (Wildman–Crippen LogP) is 4.40. The molecule has 0 atom stereocenters. The molecule has 2 aliphatic heterocycles. The van der Waals surface area contributed by atoms with Gasteiger partial charge in [-0.25, -0.2) is 4.79 Å². The Bertz CT molecular complexity index is 1340. The van der Waals surface area contributed by atoms with Crippen molar-refractivity contribution >= 4 is 36.0 Å². The van der Waals surface area contributed by atoms with Gasteiger partial charge < -0.3 is 19.3 Å². The first-order valence-electron chi connectivity index (χ1n) is 14.4. The highest BCUT2D eigenvalue weighted by Crippen LogP contribution is 2.43. The van der Waals surface area contributed by atoms with Crippen LogP contribution in [0, 0.1) is 0 Å². The number of para-hydroxylation sites is 2. The molecule has 228 valence electrons. The summed E-state index contributed by atoms with van der Waals surface area (Å²) in [5.74, 6) is -0.194. The number of halogens is 1. The van der Waals surface area contributed by atoms with Gasteiger partial charge in [-0.2, -0.15) is 0 Å². The lowest BCUT2D eigenvalue weighted by atomic mass is 9.81. The fourth-order valence-electron chi connectivity index (χ4n) is 6.08. The summed E-state index contributed by atoms with van der Waals surface area (Å²) in [5, 5.41) is 0. The van der Waals surface area contributed by atoms with Crippen molar-refractivity contribution in [3.05, 3.63) is 96.1 Å². The average molecular weight is 607 g/mol. The number of esters is 1. The lowest BCUT2D eigenvalue weighted by Gasteiger charge is -2.37. The van der Waals surface area contributed by atoms with E-state index in [1.807, 2.05) is 78.9 Å². The van der Waals surface area contributed by atoms with E-state index in [1.54, 1.807) is 12.0 Å². The Labute approximate surface area is 259 Å². The van der Waals surface area contributed by atoms with Gasteiger partial charge in [-0.3, -0.25) is 19.4 Å². The van der Waals surface area contributed by atoms with Gasteiger partial charge in [-0.15, -0.1) is 12.4 Å². The largest absolute Gasteiger partial charge is 0.495 e. The lowest BCUT2D eigenvalue weighted by molar-refractivity contribution is -0.145. The van der Waals surface area contributed by atoms with E-state index < -0.39 is 30.0 Å². The Balaban J connectivity index is 0.00000423. The van der Waals surface area contributed by atoms with E-state index in [0.29, 0.717) is 24.1 Å². The first-order valence-corrected chi connectivity index (χ1v) is 14.4. The van der Waals surface area contributed by atoms with E-state index >= 15 is 0 Å². The summed E-state index contributed by atoms with van der Waals surface area (Å²) < 4.78 is 10.4. The van der Waals surface area contributed by atoms with Gasteiger partial charge >= 0.3 is 12.0 Å². The number of imide groups is 1. The molecule has 9 nitrogen and oxygen atoms in total. The zero-order chi connectivity index (χ0) is 29.5. The van der Waals surface area contributed by atoms with Gasteiger partial charge in [0, 0.05) is 32.7 Å². The van der Waals surface area contributed by atoms with Crippen LogP contribution in [0.25, 0.3) is 0 Å². The summed E-state index contributed by atoms with van der Waals surface area (Å²) in [5.41, 5.74) is 1.13. The number of ether oxygens (including phenoxy) is 2. The van der Waals surface area contributed by atoms with Crippen LogP contribution in [0.3, 0.4) is 0 Å². The molecule has 0 aromatic heterocycles. The maximum Gasteiger partial charge on any atom is 0.328 e. The molecular formula is C33H39ClN4O5. The quantitative estimate of drug-likeness (QED) is 0.182. The number of urea groups is 1. The normalized spacial score (nSPS) is 16.7. The van der Waals surface area contributed by atoms with Crippen LogP contribution in [0.1, 0.15) is 24.0 Å². The van der Waals surface area contributed by atoms with Crippen LogP contribution in [0.15, 0.2) is 84.9 Å². The van der Waals surface area contributed by atoms with Gasteiger partial charge in [0.2, 0.25) is 0 Å². The van der Waals surface area contributed by atoms with Crippen LogP contribution in [-0.4, -0.2) is 92.6 Å². The summed E-state index contributed by atoms with van der Waals surface area (Å²) in [4.78, 5) is 47.8. The molecule has 0 unspecified atom stereocenters. The smallest absolute Gasteiger partial charge is 0.328 e. The molecule has 0 radical (unpaired) electrons. The van der Waals surface area contributed by atoms with Gasteiger partial charge in [-0.05, 0) is 42.6 Å². The van der Waals surface area contributed by atoms with Crippen molar-refractivity contribution in [3.8, 4) is 5.75 Å². The van der Waals surface area contributed by atoms with Crippen LogP contribution in [0.2, 0.25) is 0 Å². The van der Waals surface area contributed by atoms with Crippen LogP contribution in [0.5, 0.6) is 5.75 Å². The molecular weight excluding hydrogens is 568 g/mol. The van der Waals surface area contributed by atoms with E-state index in [2.05, 4.69) is 15.9 Å². The van der Waals surface area contributed by atoms with Gasteiger partial charge in [0.15, 0.2) is 5.54 Å². The van der Waals surface area contributed by atoms with Crippen molar-refractivity contribution in [2.24, 2.45) is 0 Å². The Kier molecular flexibility index (Phi) is 10.7. The van der Waals surface area contributed by atoms with Gasteiger partial charge in [0.25, 0.3) is 5.91 Å². The number of methoxy groups -OCH3 is 2. The molecule has 0 saturated carbocycles. The van der Waals surface area contributed by atoms with Gasteiger partial charge in [-0.1, -0.05) is 72.8 Å². The molecule has 2 fully saturated rings. The first-order chi connectivity index (χ1) is 20.5. The molecule has 0 bridgehead atoms. The summed E-state index contributed by atoms with van der Waals surface area (Å²) in [6.07, 6.45) is 1.57. The number of hydrogen-bond donors (Lipinski definition) is 0. The minimum Gasteiger partial charge on any atom is -0.495 e. The predicted molar refractivity (Wildman–Crippen MR) is 168 cm³/mol. The molecule has 2 heterocycles. The topological polar surface area (TPSA) is 82.6 Å². The van der Waals surface area contributed by atoms with E-state index in [0.717, 1.165) is 55.5 Å². The molecule has 3 aromatic rings. The molecule has 3 amide bonds. The third-order valence-corrected chi connectivity index (χ3v) is 8.22. The highest BCUT2D eigenvalue weighted by Gasteiger charge is 2.59. The number of hydrogen-bond acceptors (Lipinski definition) is 7. The molecule has 2 saturated heterocycles. The molecule has 43 heavy (non-hydrogen) atoms. The Morgan fingerprint density at radius 2 is 1.33 bits per heavy atom. The maximum atomic E-state index is 14.2. The number of carbonyl (C=O) groups excluding carboxylic acids is 3. The van der Waals surface area contributed by atoms with E-state index in [-0.39, 0.29) is 12.4 Å². The second kappa shape index (κ2) is 14.4. The standard InChI is InChI=1S/C33H38N4O5.ClH/c1-41-29-18-10-9-17-28(29)35-23-21-34(22-24-35)19-11-12-20-37-32(40)36(25-30(38)42-2)31(39)33(37,26-13-5-3-6-14-26)27-15-7-4-8-16-27;/h3-10,13-18H,11-12,19-25H2,1-2H3;1H. The van der Waals surface area contributed by atoms with E-state index in [9.17, 15) is 14.4 Å². The Hall–Kier alpha value is -4.08. The fraction of sp³-hybridized carbons (Fsp3) is 0.364. The summed E-state index contributed by atoms with van der Waals surface area (Å²) in [7, 11) is 2.95. The number of carbonyl (C=O) groups is 3. The summed E-state index contributed by atoms with van der Waals surface area (Å²) in [6.45, 7) is 4.52. The van der Waals surface area contributed by atoms with Crippen molar-refractivity contribution in [2.75, 3.05) is 64.9 Å². The molecule has 3 aromatic carbocycles. The number of unbranched alkanes of at least 4 members (excludes halogenated alkanes) is 1. The van der Waals surface area contributed by atoms with E-state index in [1.165, 1.54) is 7.11 Å². The van der Waals surface area contributed by atoms with Crippen molar-refractivity contribution in [3.63, 3.8) is 0 Å². The zero-order valence-electron chi connectivity index (χ0n) is 24.7. The fourth-order valence-corrected chi connectivity index (χ4v) is 6.08. The monoisotopic (exact) mass is 606 g/mol. The van der Waals surface area contributed by atoms with E-state index in [4.69, 9.17) is 9.47 Å². The third-order valence-electron chi connectivity index (χ3n) is 8.22. The SMILES string of the molecule is COC(=O)CN1C(=O)N(CCCCN2CCN(c3ccccc3OC)CC2)C(c2ccccc2)(c2ccccc2)C1=O.Cl. The summed E-state index contributed by atoms with van der Waals surface area (Å²) in [6, 6.07) is 26.3. The first kappa shape index (κ1) is 31.8. The molecule has 0 aliphatic carbocycles. The van der Waals surface area contributed by atoms with Crippen molar-refractivity contribution in [1.29, 1.82) is 0 Å². The van der Waals surface area contributed by atoms with Crippen molar-refractivity contribution in [1.82, 2.24) is 14.7 Å². The Morgan fingerprint density at radius 3 is 1.91 bits per heavy atom. The molecule has 2 aliphatic rings. The number of benzene rings is 3. The number of nitrogens with zero attached hydrogens (tertiary/aromatic N) is 4. The zero-order valence-corrected chi connectivity index (χ0v) is 25.5. The highest BCUT2D eigenvalue weighted by atomic mass is 35.5. The maximum absolute atomic E-state index is 14.2. The van der Waals surface area contributed by atoms with Crippen molar-refractivity contribution < 1.29 is 23.9 Å². The number of amides is 3. The van der Waals surface area contributed by atoms with Crippen LogP contribution in [0.4, 0.5) is 10.5 Å². The van der Waals surface area contributed by atoms with Gasteiger partial charge in [0.05, 0.1) is 19.9 Å². The third kappa shape index (κ3) is 6.33. The minimum absolute atomic E-state index is 0. The second-order valence-electron chi connectivity index (χ2n) is 10.6. The van der Waals surface area contributed by atoms with Crippen LogP contribution < -0.4 is 9.64 Å². The summed E-state index contributed by atoms with van der Waals surface area (Å²) >= 11 is 0. The molecule has 10 heteroatoms. The molecule has 0 spiro atoms. The van der Waals surface area contributed by atoms with Crippen LogP contribution in [-0.2, 0) is 19.9 Å². The van der Waals surface area contributed by atoms with Crippen LogP contribution >= 0.6 is 12.4 Å². The number of rotatable bonds is 11. The van der Waals surface area contributed by atoms with Gasteiger partial charge in [0.1, 0.15) is 12.3 Å². The highest BCUT2D eigenvalue weighted by molar-refractivity contribution is 6.11. The van der Waals surface area contributed by atoms with Crippen molar-refractivity contribution in [2.45, 2.75) is 18.4 Å². The minimum atomic E-state index is -1.37. The lowest BCUT2D eigenvalue weighted by Crippen LogP contribution is -2.49. The average Bonchev–Trinajstić information content (AvgIpc) is 3.25. The molecule has 5 rings (SSSR count). The number of anilines is 1. The number of piperazine rings is 1. The Morgan fingerprint density at radius 1 is 0.767 bits per heavy atom.